The molecule has 0 bridgehead atoms. The Morgan fingerprint density at radius 2 is 1.19 bits per heavy atom. The molecule has 4 atom stereocenters. The molecule has 1 amide bonds. The van der Waals surface area contributed by atoms with E-state index in [-0.39, 0.29) is 41.0 Å². The lowest BCUT2D eigenvalue weighted by atomic mass is 10.2. The van der Waals surface area contributed by atoms with E-state index in [1.54, 1.807) is 4.90 Å². The van der Waals surface area contributed by atoms with Crippen LogP contribution in [0.4, 0.5) is 4.79 Å². The maximum absolute atomic E-state index is 12.7. The van der Waals surface area contributed by atoms with Crippen LogP contribution < -0.4 is 5.73 Å². The number of carbonyl (C=O) groups excluding carboxylic acids is 1. The molecule has 2 saturated carbocycles. The number of epoxide rings is 1. The van der Waals surface area contributed by atoms with Gasteiger partial charge in [0.25, 0.3) is 0 Å². The van der Waals surface area contributed by atoms with Crippen molar-refractivity contribution in [2.45, 2.75) is 103 Å². The highest BCUT2D eigenvalue weighted by molar-refractivity contribution is 7.98. The summed E-state index contributed by atoms with van der Waals surface area (Å²) >= 11 is 3.72. The number of hydrogen-bond donors (Lipinski definition) is 2. The topological polar surface area (TPSA) is 107 Å². The molecular formula is C43H68N2O6S2. The van der Waals surface area contributed by atoms with Gasteiger partial charge in [0.1, 0.15) is 6.61 Å². The minimum absolute atomic E-state index is 0. The second kappa shape index (κ2) is 29.7. The number of thioether (sulfide) groups is 2. The summed E-state index contributed by atoms with van der Waals surface area (Å²) < 4.78 is 21.7. The second-order valence-corrected chi connectivity index (χ2v) is 14.7. The molecule has 3 aliphatic rings. The van der Waals surface area contributed by atoms with Crippen LogP contribution in [-0.2, 0) is 37.1 Å². The third-order valence-corrected chi connectivity index (χ3v) is 10.6. The summed E-state index contributed by atoms with van der Waals surface area (Å²) in [6.07, 6.45) is 7.09. The molecule has 0 spiro atoms. The number of carbonyl (C=O) groups is 1. The molecule has 2 aliphatic carbocycles. The lowest BCUT2D eigenvalue weighted by molar-refractivity contribution is 0.0279. The molecule has 0 aromatic heterocycles. The van der Waals surface area contributed by atoms with Crippen molar-refractivity contribution >= 4 is 29.6 Å². The van der Waals surface area contributed by atoms with Gasteiger partial charge in [-0.2, -0.15) is 23.5 Å². The molecule has 1 saturated heterocycles. The predicted molar refractivity (Wildman–Crippen MR) is 226 cm³/mol. The maximum atomic E-state index is 12.7. The lowest BCUT2D eigenvalue weighted by Gasteiger charge is -2.30. The van der Waals surface area contributed by atoms with Gasteiger partial charge in [0.05, 0.1) is 50.8 Å². The fourth-order valence-corrected chi connectivity index (χ4v) is 7.52. The first-order valence-corrected chi connectivity index (χ1v) is 20.3. The van der Waals surface area contributed by atoms with E-state index >= 15 is 0 Å². The number of nitrogens with zero attached hydrogens (tertiary/aromatic N) is 1. The van der Waals surface area contributed by atoms with Gasteiger partial charge < -0.3 is 34.7 Å². The summed E-state index contributed by atoms with van der Waals surface area (Å²) in [5.74, 6) is 3.97. The molecule has 1 heterocycles. The lowest BCUT2D eigenvalue weighted by Crippen LogP contribution is -2.46. The van der Waals surface area contributed by atoms with Crippen molar-refractivity contribution in [1.82, 2.24) is 4.90 Å². The van der Waals surface area contributed by atoms with Crippen LogP contribution in [-0.4, -0.2) is 91.5 Å². The van der Waals surface area contributed by atoms with E-state index in [9.17, 15) is 9.90 Å². The maximum Gasteiger partial charge on any atom is 0.410 e. The fraction of sp³-hybridized carbons (Fsp3) is 0.558. The van der Waals surface area contributed by atoms with Gasteiger partial charge >= 0.3 is 6.09 Å². The molecule has 3 aromatic carbocycles. The van der Waals surface area contributed by atoms with E-state index in [2.05, 4.69) is 48.5 Å². The van der Waals surface area contributed by atoms with E-state index in [4.69, 9.17) is 24.7 Å². The van der Waals surface area contributed by atoms with Crippen LogP contribution in [0.5, 0.6) is 0 Å². The molecule has 0 radical (unpaired) electrons. The number of rotatable bonds is 18. The van der Waals surface area contributed by atoms with Crippen LogP contribution in [0.2, 0.25) is 0 Å². The van der Waals surface area contributed by atoms with Crippen molar-refractivity contribution in [2.75, 3.05) is 51.0 Å². The van der Waals surface area contributed by atoms with Crippen molar-refractivity contribution in [1.29, 1.82) is 0 Å². The van der Waals surface area contributed by atoms with Crippen molar-refractivity contribution < 1.29 is 28.8 Å². The smallest absolute Gasteiger partial charge is 0.410 e. The summed E-state index contributed by atoms with van der Waals surface area (Å²) in [6.45, 7) is 3.83. The highest BCUT2D eigenvalue weighted by Gasteiger charge is 2.42. The van der Waals surface area contributed by atoms with E-state index in [1.807, 2.05) is 66.0 Å². The van der Waals surface area contributed by atoms with Crippen molar-refractivity contribution in [2.24, 2.45) is 5.73 Å². The number of aliphatic hydroxyl groups excluding tert-OH is 1. The zero-order valence-corrected chi connectivity index (χ0v) is 31.0. The molecule has 3 N–H and O–H groups in total. The van der Waals surface area contributed by atoms with E-state index in [1.165, 1.54) is 30.4 Å². The highest BCUT2D eigenvalue weighted by Crippen LogP contribution is 2.37. The zero-order valence-electron chi connectivity index (χ0n) is 29.3. The molecule has 8 nitrogen and oxygen atoms in total. The SMILES string of the molecule is C.C.C.C1CC2OC2C1.NCCOCCSCc1ccccc1.O=C(OCc1ccccc1)N(CCOCCSCc1ccccc1)C1CCCC1O. The fourth-order valence-electron chi connectivity index (χ4n) is 5.90. The number of nitrogens with two attached hydrogens (primary N) is 1. The number of aliphatic hydroxyl groups is 1. The second-order valence-electron chi connectivity index (χ2n) is 12.5. The third kappa shape index (κ3) is 20.1. The summed E-state index contributed by atoms with van der Waals surface area (Å²) in [7, 11) is 0. The Bertz CT molecular complexity index is 1290. The molecular weight excluding hydrogens is 705 g/mol. The highest BCUT2D eigenvalue weighted by atomic mass is 32.2. The Hall–Kier alpha value is -2.57. The Balaban J connectivity index is 0.000000503. The molecule has 1 aliphatic heterocycles. The first kappa shape index (κ1) is 48.4. The van der Waals surface area contributed by atoms with Gasteiger partial charge in [0.15, 0.2) is 0 Å². The Morgan fingerprint density at radius 3 is 1.62 bits per heavy atom. The summed E-state index contributed by atoms with van der Waals surface area (Å²) in [5, 5.41) is 10.3. The van der Waals surface area contributed by atoms with E-state index in [0.29, 0.717) is 45.1 Å². The normalized spacial score (nSPS) is 19.0. The largest absolute Gasteiger partial charge is 0.445 e. The summed E-state index contributed by atoms with van der Waals surface area (Å²) in [6, 6.07) is 30.3. The minimum Gasteiger partial charge on any atom is -0.445 e. The molecule has 3 aromatic rings. The molecule has 4 unspecified atom stereocenters. The number of benzene rings is 3. The van der Waals surface area contributed by atoms with Gasteiger partial charge in [-0.25, -0.2) is 4.79 Å². The molecule has 3 fully saturated rings. The first-order chi connectivity index (χ1) is 24.6. The van der Waals surface area contributed by atoms with Crippen LogP contribution >= 0.6 is 23.5 Å². The quantitative estimate of drug-likeness (QED) is 0.0967. The van der Waals surface area contributed by atoms with Crippen LogP contribution in [0, 0.1) is 0 Å². The number of ether oxygens (including phenoxy) is 4. The number of fused-ring (bicyclic) bond motifs is 1. The Kier molecular flexibility index (Phi) is 27.2. The van der Waals surface area contributed by atoms with Crippen LogP contribution in [0.1, 0.15) is 77.5 Å². The average molecular weight is 773 g/mol. The van der Waals surface area contributed by atoms with Crippen molar-refractivity contribution in [3.8, 4) is 0 Å². The first-order valence-electron chi connectivity index (χ1n) is 18.0. The Labute approximate surface area is 329 Å². The van der Waals surface area contributed by atoms with Crippen LogP contribution in [0.3, 0.4) is 0 Å². The molecule has 298 valence electrons. The van der Waals surface area contributed by atoms with Gasteiger partial charge in [0.2, 0.25) is 0 Å². The minimum atomic E-state index is -0.490. The van der Waals surface area contributed by atoms with Crippen LogP contribution in [0.25, 0.3) is 0 Å². The Morgan fingerprint density at radius 1 is 0.698 bits per heavy atom. The third-order valence-electron chi connectivity index (χ3n) is 8.65. The van der Waals surface area contributed by atoms with Gasteiger partial charge in [0, 0.05) is 36.1 Å². The predicted octanol–water partition coefficient (Wildman–Crippen LogP) is 9.23. The van der Waals surface area contributed by atoms with Gasteiger partial charge in [-0.05, 0) is 55.2 Å². The van der Waals surface area contributed by atoms with E-state index in [0.717, 1.165) is 54.4 Å². The van der Waals surface area contributed by atoms with Crippen molar-refractivity contribution in [3.05, 3.63) is 108 Å². The summed E-state index contributed by atoms with van der Waals surface area (Å²) in [5.41, 5.74) is 8.93. The molecule has 6 rings (SSSR count). The van der Waals surface area contributed by atoms with Gasteiger partial charge in [-0.1, -0.05) is 113 Å². The zero-order chi connectivity index (χ0) is 35.1. The van der Waals surface area contributed by atoms with Gasteiger partial charge in [-0.3, -0.25) is 0 Å². The van der Waals surface area contributed by atoms with E-state index < -0.39 is 6.10 Å². The molecule has 53 heavy (non-hydrogen) atoms. The number of hydrogen-bond acceptors (Lipinski definition) is 9. The number of amides is 1. The summed E-state index contributed by atoms with van der Waals surface area (Å²) in [4.78, 5) is 14.4. The van der Waals surface area contributed by atoms with Crippen molar-refractivity contribution in [3.63, 3.8) is 0 Å². The average Bonchev–Trinajstić information content (AvgIpc) is 3.51. The molecule has 10 heteroatoms. The monoisotopic (exact) mass is 772 g/mol. The van der Waals surface area contributed by atoms with Gasteiger partial charge in [-0.15, -0.1) is 0 Å². The standard InChI is InChI=1S/C24H31NO4S.C11H17NOS.C5H8O.3CH4/c26-23-13-7-12-22(23)25(24(27)29-18-20-8-3-1-4-9-20)14-15-28-16-17-30-19-21-10-5-2-6-11-21;12-6-7-13-8-9-14-10-11-4-2-1-3-5-11;1-2-4-5(3-1)6-4;;;/h1-6,8-11,22-23,26H,7,12-19H2;1-5H,6-10,12H2;4-5H,1-3H2;3*1H4. The van der Waals surface area contributed by atoms with Crippen LogP contribution in [0.15, 0.2) is 91.0 Å².